The van der Waals surface area contributed by atoms with Crippen LogP contribution < -0.4 is 5.73 Å². The van der Waals surface area contributed by atoms with Crippen molar-refractivity contribution in [3.8, 4) is 0 Å². The van der Waals surface area contributed by atoms with Crippen LogP contribution in [0.1, 0.15) is 5.56 Å². The largest absolute Gasteiger partial charge is 0.329 e. The Morgan fingerprint density at radius 2 is 2.17 bits per heavy atom. The van der Waals surface area contributed by atoms with Crippen LogP contribution in [0, 0.1) is 0 Å². The van der Waals surface area contributed by atoms with Gasteiger partial charge in [0.1, 0.15) is 0 Å². The summed E-state index contributed by atoms with van der Waals surface area (Å²) in [5.41, 5.74) is 6.33. The zero-order chi connectivity index (χ0) is 8.81. The molecule has 0 spiro atoms. The van der Waals surface area contributed by atoms with Crippen LogP contribution in [-0.2, 0) is 0 Å². The molecule has 0 aromatic heterocycles. The number of thiol groups is 1. The number of hydrogen-bond acceptors (Lipinski definition) is 3. The number of hydrogen-bond donors (Lipinski definition) is 2. The van der Waals surface area contributed by atoms with Crippen LogP contribution in [0.15, 0.2) is 34.2 Å². The van der Waals surface area contributed by atoms with Gasteiger partial charge in [0.05, 0.1) is 6.54 Å². The number of nitrogens with zero attached hydrogens (tertiary/aromatic N) is 1. The van der Waals surface area contributed by atoms with Gasteiger partial charge >= 0.3 is 0 Å². The summed E-state index contributed by atoms with van der Waals surface area (Å²) >= 11 is 4.28. The molecule has 0 saturated heterocycles. The predicted octanol–water partition coefficient (Wildman–Crippen LogP) is 1.35. The van der Waals surface area contributed by atoms with E-state index in [-0.39, 0.29) is 0 Å². The van der Waals surface area contributed by atoms with E-state index in [0.717, 1.165) is 10.5 Å². The second kappa shape index (κ2) is 4.95. The molecule has 0 aliphatic heterocycles. The summed E-state index contributed by atoms with van der Waals surface area (Å²) in [6.45, 7) is 1.26. The maximum absolute atomic E-state index is 5.30. The van der Waals surface area contributed by atoms with Crippen molar-refractivity contribution in [3.05, 3.63) is 29.8 Å². The molecule has 0 unspecified atom stereocenters. The van der Waals surface area contributed by atoms with Gasteiger partial charge in [-0.2, -0.15) is 0 Å². The highest BCUT2D eigenvalue weighted by molar-refractivity contribution is 7.80. The SMILES string of the molecule is NCCN=Cc1ccccc1S. The van der Waals surface area contributed by atoms with Crippen molar-refractivity contribution < 1.29 is 0 Å². The summed E-state index contributed by atoms with van der Waals surface area (Å²) in [5.74, 6) is 0. The first-order valence-electron chi connectivity index (χ1n) is 3.82. The molecule has 0 fully saturated rings. The van der Waals surface area contributed by atoms with E-state index in [1.165, 1.54) is 0 Å². The van der Waals surface area contributed by atoms with Gasteiger partial charge in [0.15, 0.2) is 0 Å². The number of benzene rings is 1. The molecule has 1 aromatic rings. The van der Waals surface area contributed by atoms with Crippen LogP contribution in [0.3, 0.4) is 0 Å². The molecule has 2 N–H and O–H groups in total. The second-order valence-electron chi connectivity index (χ2n) is 2.38. The number of aliphatic imine (C=N–C) groups is 1. The van der Waals surface area contributed by atoms with Gasteiger partial charge in [0, 0.05) is 23.2 Å². The van der Waals surface area contributed by atoms with Crippen molar-refractivity contribution in [3.63, 3.8) is 0 Å². The summed E-state index contributed by atoms with van der Waals surface area (Å²) in [6, 6.07) is 7.82. The fraction of sp³-hybridized carbons (Fsp3) is 0.222. The molecule has 0 aliphatic carbocycles. The lowest BCUT2D eigenvalue weighted by Gasteiger charge is -1.96. The summed E-state index contributed by atoms with van der Waals surface area (Å²) in [5, 5.41) is 0. The molecule has 0 radical (unpaired) electrons. The van der Waals surface area contributed by atoms with Crippen LogP contribution in [0.5, 0.6) is 0 Å². The van der Waals surface area contributed by atoms with E-state index in [2.05, 4.69) is 17.6 Å². The molecule has 0 bridgehead atoms. The predicted molar refractivity (Wildman–Crippen MR) is 55.2 cm³/mol. The van der Waals surface area contributed by atoms with Gasteiger partial charge in [-0.15, -0.1) is 12.6 Å². The average Bonchev–Trinajstić information content (AvgIpc) is 2.09. The van der Waals surface area contributed by atoms with Gasteiger partial charge in [0.25, 0.3) is 0 Å². The molecular formula is C9H12N2S. The third-order valence-electron chi connectivity index (χ3n) is 1.43. The molecule has 1 rings (SSSR count). The highest BCUT2D eigenvalue weighted by Crippen LogP contribution is 2.09. The summed E-state index contributed by atoms with van der Waals surface area (Å²) in [7, 11) is 0. The molecule has 2 nitrogen and oxygen atoms in total. The maximum atomic E-state index is 5.30. The van der Waals surface area contributed by atoms with Crippen molar-refractivity contribution in [1.29, 1.82) is 0 Å². The lowest BCUT2D eigenvalue weighted by molar-refractivity contribution is 0.980. The molecule has 1 aromatic carbocycles. The van der Waals surface area contributed by atoms with E-state index in [9.17, 15) is 0 Å². The Bertz CT molecular complexity index is 271. The van der Waals surface area contributed by atoms with Crippen molar-refractivity contribution in [2.24, 2.45) is 10.7 Å². The average molecular weight is 180 g/mol. The van der Waals surface area contributed by atoms with Crippen molar-refractivity contribution in [2.45, 2.75) is 4.90 Å². The lowest BCUT2D eigenvalue weighted by Crippen LogP contribution is -2.02. The minimum absolute atomic E-state index is 0.589. The first-order valence-corrected chi connectivity index (χ1v) is 4.27. The molecule has 12 heavy (non-hydrogen) atoms. The first kappa shape index (κ1) is 9.29. The fourth-order valence-electron chi connectivity index (χ4n) is 0.834. The van der Waals surface area contributed by atoms with E-state index >= 15 is 0 Å². The highest BCUT2D eigenvalue weighted by Gasteiger charge is 1.90. The highest BCUT2D eigenvalue weighted by atomic mass is 32.1. The van der Waals surface area contributed by atoms with Gasteiger partial charge < -0.3 is 5.73 Å². The van der Waals surface area contributed by atoms with Gasteiger partial charge in [-0.1, -0.05) is 18.2 Å². The molecular weight excluding hydrogens is 168 g/mol. The third-order valence-corrected chi connectivity index (χ3v) is 1.83. The zero-order valence-corrected chi connectivity index (χ0v) is 7.67. The second-order valence-corrected chi connectivity index (χ2v) is 2.86. The first-order chi connectivity index (χ1) is 5.84. The minimum Gasteiger partial charge on any atom is -0.329 e. The molecule has 64 valence electrons. The normalized spacial score (nSPS) is 10.8. The van der Waals surface area contributed by atoms with Gasteiger partial charge in [-0.3, -0.25) is 4.99 Å². The van der Waals surface area contributed by atoms with E-state index in [0.29, 0.717) is 13.1 Å². The summed E-state index contributed by atoms with van der Waals surface area (Å²) in [4.78, 5) is 5.06. The van der Waals surface area contributed by atoms with Crippen LogP contribution in [0.4, 0.5) is 0 Å². The zero-order valence-electron chi connectivity index (χ0n) is 6.77. The van der Waals surface area contributed by atoms with Crippen LogP contribution in [-0.4, -0.2) is 19.3 Å². The molecule has 3 heteroatoms. The molecule has 0 heterocycles. The fourth-order valence-corrected chi connectivity index (χ4v) is 1.05. The minimum atomic E-state index is 0.589. The number of rotatable bonds is 3. The summed E-state index contributed by atoms with van der Waals surface area (Å²) < 4.78 is 0. The van der Waals surface area contributed by atoms with E-state index < -0.39 is 0 Å². The Morgan fingerprint density at radius 3 is 2.83 bits per heavy atom. The van der Waals surface area contributed by atoms with Crippen molar-refractivity contribution >= 4 is 18.8 Å². The number of nitrogens with two attached hydrogens (primary N) is 1. The Morgan fingerprint density at radius 1 is 1.42 bits per heavy atom. The smallest absolute Gasteiger partial charge is 0.0512 e. The van der Waals surface area contributed by atoms with Crippen molar-refractivity contribution in [2.75, 3.05) is 13.1 Å². The monoisotopic (exact) mass is 180 g/mol. The topological polar surface area (TPSA) is 38.4 Å². The van der Waals surface area contributed by atoms with Gasteiger partial charge in [0.2, 0.25) is 0 Å². The third kappa shape index (κ3) is 2.68. The summed E-state index contributed by atoms with van der Waals surface area (Å²) in [6.07, 6.45) is 1.80. The van der Waals surface area contributed by atoms with E-state index in [1.807, 2.05) is 24.3 Å². The maximum Gasteiger partial charge on any atom is 0.0512 e. The van der Waals surface area contributed by atoms with E-state index in [4.69, 9.17) is 5.73 Å². The quantitative estimate of drug-likeness (QED) is 0.535. The Hall–Kier alpha value is -0.800. The lowest BCUT2D eigenvalue weighted by atomic mass is 10.2. The van der Waals surface area contributed by atoms with Gasteiger partial charge in [-0.05, 0) is 6.07 Å². The molecule has 0 atom stereocenters. The van der Waals surface area contributed by atoms with E-state index in [1.54, 1.807) is 6.21 Å². The molecule has 0 amide bonds. The molecule has 0 aliphatic rings. The van der Waals surface area contributed by atoms with Crippen LogP contribution in [0.2, 0.25) is 0 Å². The molecule has 0 saturated carbocycles. The Balaban J connectivity index is 2.68. The van der Waals surface area contributed by atoms with Gasteiger partial charge in [-0.25, -0.2) is 0 Å². The Labute approximate surface area is 77.9 Å². The Kier molecular flexibility index (Phi) is 3.84. The van der Waals surface area contributed by atoms with Crippen LogP contribution in [0.25, 0.3) is 0 Å². The standard InChI is InChI=1S/C9H12N2S/c10-5-6-11-7-8-3-1-2-4-9(8)12/h1-4,7,12H,5-6,10H2. The van der Waals surface area contributed by atoms with Crippen molar-refractivity contribution in [1.82, 2.24) is 0 Å². The van der Waals surface area contributed by atoms with Crippen LogP contribution >= 0.6 is 12.6 Å².